The molecule has 1 aliphatic carbocycles. The summed E-state index contributed by atoms with van der Waals surface area (Å²) in [4.78, 5) is 0. The van der Waals surface area contributed by atoms with Crippen LogP contribution in [0.5, 0.6) is 11.5 Å². The zero-order valence-corrected chi connectivity index (χ0v) is 12.2. The summed E-state index contributed by atoms with van der Waals surface area (Å²) in [5.74, 6) is 2.71. The maximum Gasteiger partial charge on any atom is 0.127 e. The number of benzene rings is 1. The Balaban J connectivity index is 1.97. The highest BCUT2D eigenvalue weighted by Gasteiger charge is 2.21. The molecule has 0 unspecified atom stereocenters. The van der Waals surface area contributed by atoms with Gasteiger partial charge in [0.25, 0.3) is 0 Å². The summed E-state index contributed by atoms with van der Waals surface area (Å²) in [7, 11) is 1.69. The van der Waals surface area contributed by atoms with Crippen molar-refractivity contribution in [1.82, 2.24) is 5.32 Å². The maximum atomic E-state index is 5.94. The predicted octanol–water partition coefficient (Wildman–Crippen LogP) is 3.37. The van der Waals surface area contributed by atoms with E-state index in [1.54, 1.807) is 7.11 Å². The van der Waals surface area contributed by atoms with Crippen molar-refractivity contribution >= 4 is 0 Å². The van der Waals surface area contributed by atoms with Gasteiger partial charge in [0.2, 0.25) is 0 Å². The van der Waals surface area contributed by atoms with Gasteiger partial charge >= 0.3 is 0 Å². The van der Waals surface area contributed by atoms with Gasteiger partial charge in [0, 0.05) is 24.2 Å². The molecule has 0 amide bonds. The Bertz CT molecular complexity index is 400. The van der Waals surface area contributed by atoms with Crippen LogP contribution in [0.15, 0.2) is 18.2 Å². The molecule has 0 aromatic heterocycles. The fourth-order valence-electron chi connectivity index (χ4n) is 2.00. The first kappa shape index (κ1) is 14.2. The van der Waals surface area contributed by atoms with Crippen LogP contribution < -0.4 is 14.8 Å². The molecule has 0 aliphatic heterocycles. The summed E-state index contributed by atoms with van der Waals surface area (Å²) >= 11 is 0. The van der Waals surface area contributed by atoms with Crippen LogP contribution in [-0.2, 0) is 6.54 Å². The highest BCUT2D eigenvalue weighted by Crippen LogP contribution is 2.33. The Labute approximate surface area is 116 Å². The van der Waals surface area contributed by atoms with Gasteiger partial charge in [-0.2, -0.15) is 0 Å². The van der Waals surface area contributed by atoms with Gasteiger partial charge in [-0.15, -0.1) is 0 Å². The molecule has 0 saturated heterocycles. The summed E-state index contributed by atoms with van der Waals surface area (Å²) in [6, 6.07) is 6.54. The van der Waals surface area contributed by atoms with Crippen LogP contribution in [0.2, 0.25) is 0 Å². The van der Waals surface area contributed by atoms with Gasteiger partial charge in [-0.25, -0.2) is 0 Å². The molecule has 1 saturated carbocycles. The van der Waals surface area contributed by atoms with E-state index in [0.29, 0.717) is 6.04 Å². The van der Waals surface area contributed by atoms with E-state index >= 15 is 0 Å². The molecule has 0 bridgehead atoms. The van der Waals surface area contributed by atoms with Crippen LogP contribution in [0.4, 0.5) is 0 Å². The van der Waals surface area contributed by atoms with Crippen molar-refractivity contribution < 1.29 is 9.47 Å². The molecule has 0 heterocycles. The third kappa shape index (κ3) is 4.75. The minimum atomic E-state index is 0.474. The quantitative estimate of drug-likeness (QED) is 0.780. The molecule has 2 rings (SSSR count). The maximum absolute atomic E-state index is 5.94. The largest absolute Gasteiger partial charge is 0.497 e. The Morgan fingerprint density at radius 2 is 2.11 bits per heavy atom. The lowest BCUT2D eigenvalue weighted by atomic mass is 10.1. The molecule has 0 spiro atoms. The molecule has 3 heteroatoms. The minimum absolute atomic E-state index is 0.474. The number of rotatable bonds is 8. The number of hydrogen-bond donors (Lipinski definition) is 1. The second kappa shape index (κ2) is 6.80. The van der Waals surface area contributed by atoms with Gasteiger partial charge in [-0.3, -0.25) is 0 Å². The van der Waals surface area contributed by atoms with E-state index in [2.05, 4.69) is 25.2 Å². The molecule has 0 radical (unpaired) electrons. The fraction of sp³-hybridized carbons (Fsp3) is 0.625. The smallest absolute Gasteiger partial charge is 0.127 e. The molecule has 1 aliphatic rings. The lowest BCUT2D eigenvalue weighted by molar-refractivity contribution is 0.296. The van der Waals surface area contributed by atoms with Gasteiger partial charge < -0.3 is 14.8 Å². The summed E-state index contributed by atoms with van der Waals surface area (Å²) in [6.45, 7) is 5.95. The van der Waals surface area contributed by atoms with Gasteiger partial charge in [0.15, 0.2) is 0 Å². The first-order valence-electron chi connectivity index (χ1n) is 7.22. The topological polar surface area (TPSA) is 30.5 Å². The van der Waals surface area contributed by atoms with E-state index < -0.39 is 0 Å². The Hall–Kier alpha value is -1.22. The average Bonchev–Trinajstić information content (AvgIpc) is 3.21. The molecular formula is C16H25NO2. The Morgan fingerprint density at radius 3 is 2.74 bits per heavy atom. The highest BCUT2D eigenvalue weighted by molar-refractivity contribution is 5.40. The Morgan fingerprint density at radius 1 is 1.32 bits per heavy atom. The molecule has 106 valence electrons. The standard InChI is InChI=1S/C16H25NO2/c1-12(2)17-11-14-6-7-15(18-3)10-16(14)19-9-8-13-4-5-13/h6-7,10,12-13,17H,4-5,8-9,11H2,1-3H3. The van der Waals surface area contributed by atoms with Gasteiger partial charge in [-0.1, -0.05) is 32.8 Å². The molecule has 1 N–H and O–H groups in total. The summed E-state index contributed by atoms with van der Waals surface area (Å²) < 4.78 is 11.2. The van der Waals surface area contributed by atoms with E-state index in [1.165, 1.54) is 24.8 Å². The van der Waals surface area contributed by atoms with Crippen LogP contribution in [-0.4, -0.2) is 19.8 Å². The van der Waals surface area contributed by atoms with Crippen LogP contribution >= 0.6 is 0 Å². The molecular weight excluding hydrogens is 238 g/mol. The van der Waals surface area contributed by atoms with Crippen molar-refractivity contribution in [3.8, 4) is 11.5 Å². The number of ether oxygens (including phenoxy) is 2. The fourth-order valence-corrected chi connectivity index (χ4v) is 2.00. The molecule has 3 nitrogen and oxygen atoms in total. The third-order valence-electron chi connectivity index (χ3n) is 3.46. The van der Waals surface area contributed by atoms with Gasteiger partial charge in [0.1, 0.15) is 11.5 Å². The second-order valence-corrected chi connectivity index (χ2v) is 5.59. The van der Waals surface area contributed by atoms with Crippen molar-refractivity contribution in [1.29, 1.82) is 0 Å². The van der Waals surface area contributed by atoms with Crippen molar-refractivity contribution in [3.05, 3.63) is 23.8 Å². The second-order valence-electron chi connectivity index (χ2n) is 5.59. The first-order valence-corrected chi connectivity index (χ1v) is 7.22. The van der Waals surface area contributed by atoms with Crippen molar-refractivity contribution in [2.75, 3.05) is 13.7 Å². The van der Waals surface area contributed by atoms with E-state index in [9.17, 15) is 0 Å². The molecule has 0 atom stereocenters. The summed E-state index contributed by atoms with van der Waals surface area (Å²) in [5.41, 5.74) is 1.20. The van der Waals surface area contributed by atoms with Crippen LogP contribution in [0.25, 0.3) is 0 Å². The zero-order valence-electron chi connectivity index (χ0n) is 12.2. The molecule has 1 aromatic rings. The highest BCUT2D eigenvalue weighted by atomic mass is 16.5. The minimum Gasteiger partial charge on any atom is -0.497 e. The van der Waals surface area contributed by atoms with E-state index in [4.69, 9.17) is 9.47 Å². The first-order chi connectivity index (χ1) is 9.19. The van der Waals surface area contributed by atoms with E-state index in [1.807, 2.05) is 12.1 Å². The molecule has 1 aromatic carbocycles. The van der Waals surface area contributed by atoms with Crippen LogP contribution in [0.1, 0.15) is 38.7 Å². The van der Waals surface area contributed by atoms with E-state index in [-0.39, 0.29) is 0 Å². The monoisotopic (exact) mass is 263 g/mol. The van der Waals surface area contributed by atoms with Gasteiger partial charge in [-0.05, 0) is 18.4 Å². The molecule has 1 fully saturated rings. The van der Waals surface area contributed by atoms with Crippen molar-refractivity contribution in [3.63, 3.8) is 0 Å². The molecule has 19 heavy (non-hydrogen) atoms. The number of hydrogen-bond acceptors (Lipinski definition) is 3. The van der Waals surface area contributed by atoms with Gasteiger partial charge in [0.05, 0.1) is 13.7 Å². The van der Waals surface area contributed by atoms with Crippen molar-refractivity contribution in [2.45, 2.75) is 45.7 Å². The number of methoxy groups -OCH3 is 1. The zero-order chi connectivity index (χ0) is 13.7. The lowest BCUT2D eigenvalue weighted by Gasteiger charge is -2.15. The lowest BCUT2D eigenvalue weighted by Crippen LogP contribution is -2.22. The SMILES string of the molecule is COc1ccc(CNC(C)C)c(OCCC2CC2)c1. The van der Waals surface area contributed by atoms with Crippen LogP contribution in [0.3, 0.4) is 0 Å². The van der Waals surface area contributed by atoms with Crippen LogP contribution in [0, 0.1) is 5.92 Å². The normalized spacial score (nSPS) is 14.7. The number of nitrogens with one attached hydrogen (secondary N) is 1. The Kier molecular flexibility index (Phi) is 5.08. The summed E-state index contributed by atoms with van der Waals surface area (Å²) in [5, 5.41) is 3.43. The summed E-state index contributed by atoms with van der Waals surface area (Å²) in [6.07, 6.45) is 3.93. The van der Waals surface area contributed by atoms with E-state index in [0.717, 1.165) is 30.6 Å². The average molecular weight is 263 g/mol. The predicted molar refractivity (Wildman–Crippen MR) is 77.8 cm³/mol. The van der Waals surface area contributed by atoms with Crippen molar-refractivity contribution in [2.24, 2.45) is 5.92 Å². The third-order valence-corrected chi connectivity index (χ3v) is 3.46.